The third-order valence-electron chi connectivity index (χ3n) is 23.1. The number of rotatable bonds is 64. The monoisotopic (exact) mass is 1770 g/mol. The van der Waals surface area contributed by atoms with Crippen molar-refractivity contribution in [2.45, 2.75) is 516 Å². The molecule has 0 saturated carbocycles. The second-order valence-corrected chi connectivity index (χ2v) is 43.3. The highest BCUT2D eigenvalue weighted by molar-refractivity contribution is 4.98. The van der Waals surface area contributed by atoms with E-state index in [1.807, 2.05) is 38.8 Å². The average molecular weight is 1770 g/mol. The van der Waals surface area contributed by atoms with Gasteiger partial charge in [-0.15, -0.1) is 35.7 Å². The summed E-state index contributed by atoms with van der Waals surface area (Å²) in [5, 5.41) is 58.2. The van der Waals surface area contributed by atoms with Crippen LogP contribution >= 0.6 is 0 Å². The fourth-order valence-electron chi connectivity index (χ4n) is 15.0. The van der Waals surface area contributed by atoms with Crippen LogP contribution in [0, 0.1) is 82.9 Å². The smallest absolute Gasteiger partial charge is 0.0827 e. The molecule has 0 aliphatic rings. The first-order valence-corrected chi connectivity index (χ1v) is 52.8. The van der Waals surface area contributed by atoms with Crippen molar-refractivity contribution in [3.8, 4) is 0 Å². The van der Waals surface area contributed by atoms with E-state index in [1.54, 1.807) is 0 Å². The van der Waals surface area contributed by atoms with Gasteiger partial charge in [0.05, 0.1) is 64.6 Å². The molecule has 0 N–H and O–H groups in total. The van der Waals surface area contributed by atoms with Crippen LogP contribution in [0.3, 0.4) is 0 Å². The molecule has 127 heavy (non-hydrogen) atoms. The summed E-state index contributed by atoms with van der Waals surface area (Å²) in [6.07, 6.45) is 68.2. The van der Waals surface area contributed by atoms with E-state index in [0.717, 1.165) is 185 Å². The highest BCUT2D eigenvalue weighted by Crippen LogP contribution is 2.20. The molecule has 0 fully saturated rings. The maximum absolute atomic E-state index is 4.22. The van der Waals surface area contributed by atoms with Crippen LogP contribution in [0.15, 0.2) is 43.4 Å². The van der Waals surface area contributed by atoms with E-state index in [0.29, 0.717) is 5.92 Å². The number of unbranched alkanes of at least 4 members (excludes halogenated alkanes) is 11. The molecular weight excluding hydrogens is 1570 g/mol. The highest BCUT2D eigenvalue weighted by Gasteiger charge is 2.13. The normalized spacial score (nSPS) is 11.7. The van der Waals surface area contributed by atoms with Crippen molar-refractivity contribution >= 4 is 0 Å². The van der Waals surface area contributed by atoms with Gasteiger partial charge in [0.25, 0.3) is 0 Å². The lowest BCUT2D eigenvalue weighted by atomic mass is 10.0. The predicted molar refractivity (Wildman–Crippen MR) is 540 cm³/mol. The van der Waals surface area contributed by atoms with Crippen molar-refractivity contribution in [1.82, 2.24) is 105 Å². The molecule has 0 unspecified atom stereocenters. The molecule has 0 aromatic carbocycles. The molecule has 0 spiro atoms. The first kappa shape index (κ1) is 119. The van der Waals surface area contributed by atoms with Crippen LogP contribution < -0.4 is 0 Å². The molecule has 7 aromatic heterocycles. The summed E-state index contributed by atoms with van der Waals surface area (Å²) in [6, 6.07) is 0. The van der Waals surface area contributed by atoms with Crippen LogP contribution in [0.5, 0.6) is 0 Å². The molecule has 734 valence electrons. The summed E-state index contributed by atoms with van der Waals surface area (Å²) >= 11 is 0. The van der Waals surface area contributed by atoms with Gasteiger partial charge in [0.2, 0.25) is 0 Å². The summed E-state index contributed by atoms with van der Waals surface area (Å²) in [7, 11) is 0. The largest absolute Gasteiger partial charge is 0.252 e. The molecule has 0 saturated heterocycles. The van der Waals surface area contributed by atoms with E-state index in [1.165, 1.54) is 254 Å². The number of hydrogen-bond donors (Lipinski definition) is 0. The van der Waals surface area contributed by atoms with Gasteiger partial charge in [-0.1, -0.05) is 359 Å². The van der Waals surface area contributed by atoms with Gasteiger partial charge in [0, 0.05) is 64.4 Å². The minimum absolute atomic E-state index is 0.635. The zero-order chi connectivity index (χ0) is 94.4. The summed E-state index contributed by atoms with van der Waals surface area (Å²) in [5.41, 5.74) is 8.70. The van der Waals surface area contributed by atoms with Crippen molar-refractivity contribution in [2.75, 3.05) is 0 Å². The van der Waals surface area contributed by atoms with Gasteiger partial charge in [0.1, 0.15) is 0 Å². The van der Waals surface area contributed by atoms with Crippen LogP contribution in [0.2, 0.25) is 0 Å². The maximum Gasteiger partial charge on any atom is 0.0827 e. The van der Waals surface area contributed by atoms with Crippen LogP contribution in [-0.2, 0) is 90.8 Å². The molecule has 21 nitrogen and oxygen atoms in total. The molecule has 0 amide bonds. The first-order chi connectivity index (χ1) is 60.6. The maximum atomic E-state index is 4.22. The number of hydrogen-bond acceptors (Lipinski definition) is 14. The van der Waals surface area contributed by atoms with Gasteiger partial charge < -0.3 is 0 Å². The van der Waals surface area contributed by atoms with E-state index in [2.05, 4.69) is 303 Å². The Hall–Kier alpha value is -6.02. The van der Waals surface area contributed by atoms with Crippen LogP contribution in [0.25, 0.3) is 0 Å². The van der Waals surface area contributed by atoms with E-state index in [-0.39, 0.29) is 0 Å². The summed E-state index contributed by atoms with van der Waals surface area (Å²) in [5.74, 6) is 11.1. The Morgan fingerprint density at radius 1 is 0.181 bits per heavy atom. The first-order valence-electron chi connectivity index (χ1n) is 52.8. The Morgan fingerprint density at radius 3 is 0.693 bits per heavy atom. The fourth-order valence-corrected chi connectivity index (χ4v) is 15.0. The summed E-state index contributed by atoms with van der Waals surface area (Å²) in [6.45, 7) is 70.8. The standard InChI is InChI=1S/4C16H31N3.3C14H27N3/c2*1-14(2)9-5-6-11-16-13-17-18-19(16)12-8-7-10-15(3)4;2*1-14(2)9-6-5-7-11-16-13-17-18-19(16)12-8-10-15(3)4;1-12(2)7-5-9-14-11-17(16-15-14)10-6-8-13(3)4;1-12(2)7-5-6-8-14-11-17(16-15-14)10-9-13(3)4;1-12(2)8-6-5-7-9-14-11-17(16-15-14)10-13(3)4/h4*13-15H,5-12H2,1-4H3;3*11-13H,5-10H2,1-4H3. The zero-order valence-electron chi connectivity index (χ0n) is 88.4. The third kappa shape index (κ3) is 71.4. The second kappa shape index (κ2) is 76.5. The Labute approximate surface area is 782 Å². The average Bonchev–Trinajstić information content (AvgIpc) is 1.84. The summed E-state index contributed by atoms with van der Waals surface area (Å²) in [4.78, 5) is 0. The number of aryl methyl sites for hydroxylation is 13. The molecule has 7 rings (SSSR count). The molecule has 0 radical (unpaired) electrons. The van der Waals surface area contributed by atoms with E-state index < -0.39 is 0 Å². The lowest BCUT2D eigenvalue weighted by Gasteiger charge is -2.08. The zero-order valence-corrected chi connectivity index (χ0v) is 88.4. The van der Waals surface area contributed by atoms with Gasteiger partial charge in [-0.25, -0.2) is 18.7 Å². The van der Waals surface area contributed by atoms with Crippen LogP contribution in [-0.4, -0.2) is 105 Å². The SMILES string of the molecule is CC(C)CCCCCc1cn(CC(C)C)nn1.CC(C)CCCCCc1cnnn1CCCC(C)C.CC(C)CCCCCc1cnnn1CCCC(C)C.CC(C)CCCCc1cn(CCC(C)C)nn1.CC(C)CCCCc1cnnn1CCCCC(C)C.CC(C)CCCCc1cnnn1CCCCC(C)C.CC(C)CCCc1cn(CCCC(C)C)nn1. The van der Waals surface area contributed by atoms with Gasteiger partial charge in [-0.05, 0) is 231 Å². The van der Waals surface area contributed by atoms with Crippen molar-refractivity contribution < 1.29 is 0 Å². The predicted octanol–water partition coefficient (Wildman–Crippen LogP) is 29.0. The highest BCUT2D eigenvalue weighted by atomic mass is 15.5. The quantitative estimate of drug-likeness (QED) is 0.0324. The minimum atomic E-state index is 0.635. The molecular formula is C106H205N21. The molecule has 21 heteroatoms. The van der Waals surface area contributed by atoms with Crippen molar-refractivity contribution in [1.29, 1.82) is 0 Å². The van der Waals surface area contributed by atoms with Gasteiger partial charge >= 0.3 is 0 Å². The second-order valence-electron chi connectivity index (χ2n) is 43.3. The molecule has 0 bridgehead atoms. The van der Waals surface area contributed by atoms with Crippen molar-refractivity contribution in [3.05, 3.63) is 83.2 Å². The molecule has 0 atom stereocenters. The van der Waals surface area contributed by atoms with Gasteiger partial charge in [-0.3, -0.25) is 14.0 Å². The third-order valence-corrected chi connectivity index (χ3v) is 23.1. The van der Waals surface area contributed by atoms with E-state index in [9.17, 15) is 0 Å². The van der Waals surface area contributed by atoms with Crippen molar-refractivity contribution in [3.63, 3.8) is 0 Å². The van der Waals surface area contributed by atoms with Gasteiger partial charge in [0.15, 0.2) is 0 Å². The lowest BCUT2D eigenvalue weighted by molar-refractivity contribution is 0.468. The van der Waals surface area contributed by atoms with Crippen LogP contribution in [0.4, 0.5) is 0 Å². The minimum Gasteiger partial charge on any atom is -0.252 e. The molecule has 0 aliphatic heterocycles. The Kier molecular flexibility index (Phi) is 71.7. The van der Waals surface area contributed by atoms with Crippen LogP contribution in [0.1, 0.15) is 465 Å². The Morgan fingerprint density at radius 2 is 0.394 bits per heavy atom. The van der Waals surface area contributed by atoms with Crippen molar-refractivity contribution in [2.24, 2.45) is 82.9 Å². The molecule has 0 aliphatic carbocycles. The number of aromatic nitrogens is 21. The topological polar surface area (TPSA) is 215 Å². The van der Waals surface area contributed by atoms with E-state index in [4.69, 9.17) is 0 Å². The number of nitrogens with zero attached hydrogens (tertiary/aromatic N) is 21. The lowest BCUT2D eigenvalue weighted by Crippen LogP contribution is -2.06. The van der Waals surface area contributed by atoms with E-state index >= 15 is 0 Å². The molecule has 7 aromatic rings. The summed E-state index contributed by atoms with van der Waals surface area (Å²) < 4.78 is 14.4. The van der Waals surface area contributed by atoms with Gasteiger partial charge in [-0.2, -0.15) is 0 Å². The Bertz CT molecular complexity index is 3270. The Balaban J connectivity index is 0.000000741. The fraction of sp³-hybridized carbons (Fsp3) is 0.868. The molecule has 7 heterocycles.